The molecule has 0 saturated carbocycles. The largest absolute Gasteiger partial charge is 0.306 e. The van der Waals surface area contributed by atoms with E-state index in [4.69, 9.17) is 9.47 Å². The van der Waals surface area contributed by atoms with Crippen LogP contribution in [0.4, 0.5) is 0 Å². The molecule has 3 nitrogen and oxygen atoms in total. The van der Waals surface area contributed by atoms with Gasteiger partial charge in [-0.3, -0.25) is 4.90 Å². The molecule has 10 heavy (non-hydrogen) atoms. The van der Waals surface area contributed by atoms with Crippen molar-refractivity contribution in [3.05, 3.63) is 0 Å². The molecule has 0 aromatic carbocycles. The van der Waals surface area contributed by atoms with Gasteiger partial charge < -0.3 is 9.47 Å². The number of nitrogens with one attached hydrogen (secondary N) is 1. The van der Waals surface area contributed by atoms with Crippen molar-refractivity contribution in [1.82, 2.24) is 0 Å². The maximum atomic E-state index is 5.28. The molecule has 0 unspecified atom stereocenters. The molecule has 0 amide bonds. The Hall–Kier alpha value is -0.120. The number of hydrogen-bond donors (Lipinski definition) is 1. The second-order valence-electron chi connectivity index (χ2n) is 2.32. The van der Waals surface area contributed by atoms with Crippen LogP contribution in [0.1, 0.15) is 13.8 Å². The molecular weight excluding hydrogens is 130 g/mol. The Kier molecular flexibility index (Phi) is 5.58. The lowest BCUT2D eigenvalue weighted by Crippen LogP contribution is -3.10. The van der Waals surface area contributed by atoms with Gasteiger partial charge in [-0.25, -0.2) is 0 Å². The summed E-state index contributed by atoms with van der Waals surface area (Å²) in [6.07, 6.45) is -0.102. The molecule has 0 spiro atoms. The summed E-state index contributed by atoms with van der Waals surface area (Å²) in [7, 11) is 4.02. The summed E-state index contributed by atoms with van der Waals surface area (Å²) in [5, 5.41) is 0. The van der Waals surface area contributed by atoms with Crippen molar-refractivity contribution in [1.29, 1.82) is 0 Å². The first-order valence-electron chi connectivity index (χ1n) is 3.75. The predicted molar refractivity (Wildman–Crippen MR) is 39.9 cm³/mol. The first-order chi connectivity index (χ1) is 4.72. The maximum Gasteiger partial charge on any atom is 0.306 e. The number of hydrogen-bond acceptors (Lipinski definition) is 2. The zero-order valence-corrected chi connectivity index (χ0v) is 7.31. The molecule has 0 fully saturated rings. The molecule has 3 heteroatoms. The lowest BCUT2D eigenvalue weighted by molar-refractivity contribution is -0.939. The summed E-state index contributed by atoms with van der Waals surface area (Å²) < 4.78 is 10.6. The average molecular weight is 148 g/mol. The van der Waals surface area contributed by atoms with Gasteiger partial charge in [0.15, 0.2) is 0 Å². The highest BCUT2D eigenvalue weighted by atomic mass is 16.7. The zero-order valence-electron chi connectivity index (χ0n) is 7.31. The Balaban J connectivity index is 3.50. The van der Waals surface area contributed by atoms with Gasteiger partial charge in [0.2, 0.25) is 0 Å². The van der Waals surface area contributed by atoms with E-state index < -0.39 is 0 Å². The summed E-state index contributed by atoms with van der Waals surface area (Å²) in [5.41, 5.74) is 0. The Bertz CT molecular complexity index is 70.0. The molecule has 0 aromatic rings. The fourth-order valence-electron chi connectivity index (χ4n) is 0.684. The van der Waals surface area contributed by atoms with Crippen LogP contribution in [0, 0.1) is 0 Å². The minimum absolute atomic E-state index is 0.102. The van der Waals surface area contributed by atoms with Crippen LogP contribution in [-0.2, 0) is 9.47 Å². The predicted octanol–water partition coefficient (Wildman–Crippen LogP) is -0.512. The van der Waals surface area contributed by atoms with Gasteiger partial charge in [0, 0.05) is 0 Å². The third-order valence-electron chi connectivity index (χ3n) is 1.11. The van der Waals surface area contributed by atoms with Crippen molar-refractivity contribution in [2.24, 2.45) is 0 Å². The quantitative estimate of drug-likeness (QED) is 0.531. The van der Waals surface area contributed by atoms with Crippen molar-refractivity contribution in [2.45, 2.75) is 20.3 Å². The summed E-state index contributed by atoms with van der Waals surface area (Å²) in [4.78, 5) is 1.17. The molecule has 0 radical (unpaired) electrons. The smallest absolute Gasteiger partial charge is 0.306 e. The van der Waals surface area contributed by atoms with E-state index >= 15 is 0 Å². The van der Waals surface area contributed by atoms with Crippen molar-refractivity contribution >= 4 is 0 Å². The van der Waals surface area contributed by atoms with E-state index in [1.807, 2.05) is 27.9 Å². The van der Waals surface area contributed by atoms with E-state index in [2.05, 4.69) is 0 Å². The monoisotopic (exact) mass is 148 g/mol. The summed E-state index contributed by atoms with van der Waals surface area (Å²) in [6.45, 7) is 5.34. The highest BCUT2D eigenvalue weighted by Crippen LogP contribution is 1.83. The van der Waals surface area contributed by atoms with Gasteiger partial charge in [0.25, 0.3) is 0 Å². The molecule has 0 bridgehead atoms. The van der Waals surface area contributed by atoms with Gasteiger partial charge >= 0.3 is 6.41 Å². The van der Waals surface area contributed by atoms with Gasteiger partial charge in [-0.15, -0.1) is 0 Å². The van der Waals surface area contributed by atoms with Crippen molar-refractivity contribution in [3.63, 3.8) is 0 Å². The van der Waals surface area contributed by atoms with E-state index in [1.54, 1.807) is 0 Å². The normalized spacial score (nSPS) is 11.4. The molecule has 1 N–H and O–H groups in total. The van der Waals surface area contributed by atoms with E-state index in [0.717, 1.165) is 0 Å². The lowest BCUT2D eigenvalue weighted by atomic mass is 10.8. The van der Waals surface area contributed by atoms with Crippen LogP contribution < -0.4 is 4.90 Å². The Morgan fingerprint density at radius 1 is 1.10 bits per heavy atom. The fourth-order valence-corrected chi connectivity index (χ4v) is 0.684. The van der Waals surface area contributed by atoms with Crippen molar-refractivity contribution in [2.75, 3.05) is 27.3 Å². The highest BCUT2D eigenvalue weighted by molar-refractivity contribution is 4.17. The molecule has 0 rings (SSSR count). The van der Waals surface area contributed by atoms with Gasteiger partial charge in [0.05, 0.1) is 27.3 Å². The lowest BCUT2D eigenvalue weighted by Gasteiger charge is -2.19. The number of ether oxygens (including phenoxy) is 2. The molecule has 0 saturated heterocycles. The van der Waals surface area contributed by atoms with Crippen LogP contribution in [0.3, 0.4) is 0 Å². The molecule has 0 aliphatic heterocycles. The summed E-state index contributed by atoms with van der Waals surface area (Å²) in [5.74, 6) is 0. The third-order valence-corrected chi connectivity index (χ3v) is 1.11. The Morgan fingerprint density at radius 2 is 1.50 bits per heavy atom. The second-order valence-corrected chi connectivity index (χ2v) is 2.32. The highest BCUT2D eigenvalue weighted by Gasteiger charge is 2.12. The molecule has 0 heterocycles. The van der Waals surface area contributed by atoms with Gasteiger partial charge in [0.1, 0.15) is 0 Å². The fraction of sp³-hybridized carbons (Fsp3) is 1.00. The Labute approximate surface area is 62.9 Å². The molecule has 0 aromatic heterocycles. The van der Waals surface area contributed by atoms with E-state index in [9.17, 15) is 0 Å². The number of quaternary nitrogens is 1. The Morgan fingerprint density at radius 3 is 1.70 bits per heavy atom. The van der Waals surface area contributed by atoms with Crippen molar-refractivity contribution in [3.8, 4) is 0 Å². The van der Waals surface area contributed by atoms with Gasteiger partial charge in [-0.1, -0.05) is 0 Å². The summed E-state index contributed by atoms with van der Waals surface area (Å²) >= 11 is 0. The van der Waals surface area contributed by atoms with Crippen LogP contribution >= 0.6 is 0 Å². The van der Waals surface area contributed by atoms with Crippen LogP contribution in [-0.4, -0.2) is 33.7 Å². The average Bonchev–Trinajstić information content (AvgIpc) is 1.87. The topological polar surface area (TPSA) is 22.9 Å². The molecule has 0 atom stereocenters. The standard InChI is InChI=1S/C7H17NO2/c1-5-9-7(8(3)4)10-6-2/h7H,5-6H2,1-4H3/p+1. The number of rotatable bonds is 5. The zero-order chi connectivity index (χ0) is 7.98. The molecule has 0 aliphatic carbocycles. The minimum atomic E-state index is -0.102. The second kappa shape index (κ2) is 5.65. The molecule has 0 aliphatic rings. The van der Waals surface area contributed by atoms with E-state index in [1.165, 1.54) is 4.90 Å². The molecular formula is C7H18NO2+. The van der Waals surface area contributed by atoms with Crippen LogP contribution in [0.25, 0.3) is 0 Å². The van der Waals surface area contributed by atoms with E-state index in [-0.39, 0.29) is 6.41 Å². The first kappa shape index (κ1) is 9.88. The van der Waals surface area contributed by atoms with Crippen LogP contribution in [0.2, 0.25) is 0 Å². The third kappa shape index (κ3) is 3.82. The van der Waals surface area contributed by atoms with E-state index in [0.29, 0.717) is 13.2 Å². The van der Waals surface area contributed by atoms with Gasteiger partial charge in [-0.2, -0.15) is 0 Å². The van der Waals surface area contributed by atoms with Crippen LogP contribution in [0.15, 0.2) is 0 Å². The summed E-state index contributed by atoms with van der Waals surface area (Å²) in [6, 6.07) is 0. The minimum Gasteiger partial charge on any atom is -0.306 e. The SMILES string of the molecule is CCOC(OCC)[NH+](C)C. The maximum absolute atomic E-state index is 5.28. The van der Waals surface area contributed by atoms with Crippen LogP contribution in [0.5, 0.6) is 0 Å². The molecule has 62 valence electrons. The first-order valence-corrected chi connectivity index (χ1v) is 3.75. The van der Waals surface area contributed by atoms with Crippen molar-refractivity contribution < 1.29 is 14.4 Å². The van der Waals surface area contributed by atoms with Gasteiger partial charge in [-0.05, 0) is 13.8 Å².